The molecule has 0 radical (unpaired) electrons. The Morgan fingerprint density at radius 1 is 1.56 bits per heavy atom. The van der Waals surface area contributed by atoms with Crippen molar-refractivity contribution in [2.45, 2.75) is 38.5 Å². The Balaban J connectivity index is 2.44. The van der Waals surface area contributed by atoms with E-state index in [-0.39, 0.29) is 5.41 Å². The molecular weight excluding hydrogens is 222 g/mol. The van der Waals surface area contributed by atoms with E-state index >= 15 is 0 Å². The first-order valence-electron chi connectivity index (χ1n) is 5.30. The minimum atomic E-state index is -1.00. The summed E-state index contributed by atoms with van der Waals surface area (Å²) in [6.45, 7) is 5.62. The van der Waals surface area contributed by atoms with E-state index < -0.39 is 10.8 Å². The van der Waals surface area contributed by atoms with Gasteiger partial charge in [-0.05, 0) is 39.7 Å². The van der Waals surface area contributed by atoms with E-state index in [1.165, 1.54) is 0 Å². The van der Waals surface area contributed by atoms with Crippen LogP contribution in [0.3, 0.4) is 0 Å². The summed E-state index contributed by atoms with van der Waals surface area (Å²) in [7, 11) is -1.00. The quantitative estimate of drug-likeness (QED) is 0.793. The molecule has 0 N–H and O–H groups in total. The van der Waals surface area contributed by atoms with Crippen LogP contribution in [0.5, 0.6) is 0 Å². The highest BCUT2D eigenvalue weighted by Gasteiger charge is 2.17. The van der Waals surface area contributed by atoms with Crippen molar-refractivity contribution in [1.82, 2.24) is 0 Å². The van der Waals surface area contributed by atoms with E-state index in [9.17, 15) is 4.21 Å². The number of furan rings is 1. The van der Waals surface area contributed by atoms with Crippen LogP contribution in [0.2, 0.25) is 0 Å². The molecule has 0 amide bonds. The summed E-state index contributed by atoms with van der Waals surface area (Å²) in [5, 5.41) is 8.85. The maximum atomic E-state index is 11.9. The van der Waals surface area contributed by atoms with Crippen LogP contribution in [-0.4, -0.2) is 9.96 Å². The monoisotopic (exact) mass is 239 g/mol. The van der Waals surface area contributed by atoms with Crippen LogP contribution in [0.15, 0.2) is 21.6 Å². The number of hydrogen-bond donors (Lipinski definition) is 0. The fourth-order valence-corrected chi connectivity index (χ4v) is 2.62. The third kappa shape index (κ3) is 3.49. The van der Waals surface area contributed by atoms with Gasteiger partial charge in [-0.1, -0.05) is 0 Å². The molecule has 1 aromatic rings. The molecule has 1 rings (SSSR count). The predicted octanol–water partition coefficient (Wildman–Crippen LogP) is 3.03. The molecule has 16 heavy (non-hydrogen) atoms. The van der Waals surface area contributed by atoms with Gasteiger partial charge in [-0.3, -0.25) is 4.21 Å². The molecular formula is C12H17NO2S. The fraction of sp³-hybridized carbons (Fsp3) is 0.583. The number of nitrogens with zero attached hydrogens (tertiary/aromatic N) is 1. The van der Waals surface area contributed by atoms with E-state index in [1.54, 1.807) is 12.3 Å². The van der Waals surface area contributed by atoms with Gasteiger partial charge < -0.3 is 4.42 Å². The average Bonchev–Trinajstić information content (AvgIpc) is 2.64. The summed E-state index contributed by atoms with van der Waals surface area (Å²) in [4.78, 5) is 0.773. The van der Waals surface area contributed by atoms with Crippen molar-refractivity contribution >= 4 is 10.8 Å². The lowest BCUT2D eigenvalue weighted by Crippen LogP contribution is -2.10. The third-order valence-electron chi connectivity index (χ3n) is 2.49. The Bertz CT molecular complexity index is 415. The fourth-order valence-electron chi connectivity index (χ4n) is 1.42. The van der Waals surface area contributed by atoms with Crippen LogP contribution >= 0.6 is 0 Å². The second-order valence-electron chi connectivity index (χ2n) is 4.49. The Morgan fingerprint density at radius 3 is 2.75 bits per heavy atom. The van der Waals surface area contributed by atoms with Crippen LogP contribution in [0.25, 0.3) is 0 Å². The molecule has 0 spiro atoms. The Labute approximate surface area is 98.9 Å². The highest BCUT2D eigenvalue weighted by atomic mass is 32.2. The molecule has 0 aliphatic heterocycles. The molecule has 88 valence electrons. The molecule has 0 aliphatic rings. The highest BCUT2D eigenvalue weighted by molar-refractivity contribution is 7.85. The summed E-state index contributed by atoms with van der Waals surface area (Å²) in [6.07, 6.45) is 3.12. The molecule has 0 unspecified atom stereocenters. The van der Waals surface area contributed by atoms with Gasteiger partial charge in [0.2, 0.25) is 0 Å². The van der Waals surface area contributed by atoms with E-state index in [4.69, 9.17) is 9.68 Å². The average molecular weight is 239 g/mol. The first kappa shape index (κ1) is 13.0. The lowest BCUT2D eigenvalue weighted by molar-refractivity contribution is 0.447. The van der Waals surface area contributed by atoms with Crippen molar-refractivity contribution in [3.05, 3.63) is 18.1 Å². The number of hydrogen-bond acceptors (Lipinski definition) is 3. The molecule has 0 fully saturated rings. The van der Waals surface area contributed by atoms with Gasteiger partial charge in [0, 0.05) is 5.75 Å². The summed E-state index contributed by atoms with van der Waals surface area (Å²) >= 11 is 0. The predicted molar refractivity (Wildman–Crippen MR) is 63.3 cm³/mol. The van der Waals surface area contributed by atoms with Crippen molar-refractivity contribution in [2.24, 2.45) is 5.41 Å². The summed E-state index contributed by atoms with van der Waals surface area (Å²) in [6, 6.07) is 3.99. The molecule has 3 nitrogen and oxygen atoms in total. The van der Waals surface area contributed by atoms with E-state index in [1.807, 2.05) is 20.8 Å². The molecule has 1 heterocycles. The van der Waals surface area contributed by atoms with Gasteiger partial charge in [-0.25, -0.2) is 0 Å². The van der Waals surface area contributed by atoms with Gasteiger partial charge in [0.25, 0.3) is 0 Å². The molecule has 0 saturated heterocycles. The summed E-state index contributed by atoms with van der Waals surface area (Å²) in [5.74, 6) is 1.31. The topological polar surface area (TPSA) is 54.0 Å². The number of nitriles is 1. The van der Waals surface area contributed by atoms with Crippen LogP contribution < -0.4 is 0 Å². The smallest absolute Gasteiger partial charge is 0.116 e. The van der Waals surface area contributed by atoms with Crippen LogP contribution in [0, 0.1) is 23.7 Å². The second kappa shape index (κ2) is 5.31. The Hall–Kier alpha value is -1.08. The van der Waals surface area contributed by atoms with Gasteiger partial charge in [-0.2, -0.15) is 5.26 Å². The second-order valence-corrected chi connectivity index (χ2v) is 6.03. The SMILES string of the molecule is Cc1occc1[S@](=O)CCCC(C)(C)C#N. The van der Waals surface area contributed by atoms with E-state index in [2.05, 4.69) is 6.07 Å². The normalized spacial score (nSPS) is 13.4. The van der Waals surface area contributed by atoms with Gasteiger partial charge in [-0.15, -0.1) is 0 Å². The van der Waals surface area contributed by atoms with Gasteiger partial charge >= 0.3 is 0 Å². The minimum Gasteiger partial charge on any atom is -0.468 e. The highest BCUT2D eigenvalue weighted by Crippen LogP contribution is 2.22. The van der Waals surface area contributed by atoms with Gasteiger partial charge in [0.1, 0.15) is 5.76 Å². The zero-order chi connectivity index (χ0) is 12.2. The van der Waals surface area contributed by atoms with Crippen molar-refractivity contribution in [3.63, 3.8) is 0 Å². The van der Waals surface area contributed by atoms with Crippen molar-refractivity contribution in [2.75, 3.05) is 5.75 Å². The standard InChI is InChI=1S/C12H17NO2S/c1-10-11(5-7-15-10)16(14)8-4-6-12(2,3)9-13/h5,7H,4,6,8H2,1-3H3/t16-/m1/s1. The lowest BCUT2D eigenvalue weighted by atomic mass is 9.90. The van der Waals surface area contributed by atoms with Crippen molar-refractivity contribution in [3.8, 4) is 6.07 Å². The van der Waals surface area contributed by atoms with Crippen LogP contribution in [-0.2, 0) is 10.8 Å². The Kier molecular flexibility index (Phi) is 4.31. The van der Waals surface area contributed by atoms with Crippen molar-refractivity contribution in [1.29, 1.82) is 5.26 Å². The number of aryl methyl sites for hydroxylation is 1. The molecule has 0 saturated carbocycles. The first-order chi connectivity index (χ1) is 7.46. The lowest BCUT2D eigenvalue weighted by Gasteiger charge is -2.13. The maximum Gasteiger partial charge on any atom is 0.116 e. The summed E-state index contributed by atoms with van der Waals surface area (Å²) in [5.41, 5.74) is -0.324. The zero-order valence-corrected chi connectivity index (χ0v) is 10.8. The molecule has 0 bridgehead atoms. The molecule has 1 aromatic heterocycles. The molecule has 0 aromatic carbocycles. The van der Waals surface area contributed by atoms with E-state index in [0.717, 1.165) is 23.5 Å². The van der Waals surface area contributed by atoms with Gasteiger partial charge in [0.05, 0.1) is 33.4 Å². The molecule has 1 atom stereocenters. The zero-order valence-electron chi connectivity index (χ0n) is 9.95. The van der Waals surface area contributed by atoms with Crippen LogP contribution in [0.1, 0.15) is 32.4 Å². The molecule has 0 aliphatic carbocycles. The Morgan fingerprint density at radius 2 is 2.25 bits per heavy atom. The van der Waals surface area contributed by atoms with E-state index in [0.29, 0.717) is 5.75 Å². The minimum absolute atomic E-state index is 0.324. The third-order valence-corrected chi connectivity index (χ3v) is 4.06. The summed E-state index contributed by atoms with van der Waals surface area (Å²) < 4.78 is 17.0. The largest absolute Gasteiger partial charge is 0.468 e. The van der Waals surface area contributed by atoms with Crippen molar-refractivity contribution < 1.29 is 8.63 Å². The first-order valence-corrected chi connectivity index (χ1v) is 6.62. The number of rotatable bonds is 5. The molecule has 4 heteroatoms. The van der Waals surface area contributed by atoms with Gasteiger partial charge in [0.15, 0.2) is 0 Å². The maximum absolute atomic E-state index is 11.9. The van der Waals surface area contributed by atoms with Crippen LogP contribution in [0.4, 0.5) is 0 Å².